The van der Waals surface area contributed by atoms with E-state index in [1.807, 2.05) is 58.9 Å². The fourth-order valence-electron chi connectivity index (χ4n) is 5.64. The average molecular weight is 603 g/mol. The van der Waals surface area contributed by atoms with Crippen LogP contribution >= 0.6 is 22.9 Å². The first kappa shape index (κ1) is 28.8. The third kappa shape index (κ3) is 5.33. The van der Waals surface area contributed by atoms with Crippen LogP contribution in [0, 0.1) is 13.8 Å². The van der Waals surface area contributed by atoms with Crippen molar-refractivity contribution in [3.05, 3.63) is 70.5 Å². The molecule has 42 heavy (non-hydrogen) atoms. The minimum atomic E-state index is -0.907. The molecule has 0 spiro atoms. The van der Waals surface area contributed by atoms with E-state index in [-0.39, 0.29) is 6.61 Å². The number of hydrogen-bond acceptors (Lipinski definition) is 7. The number of halogens is 1. The number of benzene rings is 3. The SMILES string of the molecule is CCOC(=O)[C@@H](OC(C)(C)C)c1c(C)cc2nc(-c3ccc4nc(C)n(C5CNC5)c4c3)sc2c1-c1ccc(Cl)cc1. The van der Waals surface area contributed by atoms with Crippen molar-refractivity contribution in [1.82, 2.24) is 19.9 Å². The van der Waals surface area contributed by atoms with Gasteiger partial charge in [-0.3, -0.25) is 0 Å². The van der Waals surface area contributed by atoms with Crippen molar-refractivity contribution < 1.29 is 14.3 Å². The van der Waals surface area contributed by atoms with E-state index in [1.165, 1.54) is 0 Å². The van der Waals surface area contributed by atoms with Crippen molar-refractivity contribution in [2.75, 3.05) is 19.7 Å². The molecule has 0 amide bonds. The van der Waals surface area contributed by atoms with Crippen molar-refractivity contribution in [3.8, 4) is 21.7 Å². The molecule has 2 aromatic heterocycles. The second-order valence-electron chi connectivity index (χ2n) is 11.8. The number of aryl methyl sites for hydroxylation is 2. The van der Waals surface area contributed by atoms with Crippen LogP contribution in [-0.4, -0.2) is 45.8 Å². The number of rotatable bonds is 7. The van der Waals surface area contributed by atoms with Gasteiger partial charge in [0.05, 0.1) is 39.5 Å². The Balaban J connectivity index is 1.57. The molecule has 1 saturated heterocycles. The van der Waals surface area contributed by atoms with Gasteiger partial charge in [0, 0.05) is 34.8 Å². The number of esters is 1. The number of thiazole rings is 1. The molecule has 6 rings (SSSR count). The number of fused-ring (bicyclic) bond motifs is 2. The van der Waals surface area contributed by atoms with Crippen LogP contribution in [0.15, 0.2) is 48.5 Å². The molecule has 7 nitrogen and oxygen atoms in total. The van der Waals surface area contributed by atoms with E-state index in [0.717, 1.165) is 73.0 Å². The molecule has 0 unspecified atom stereocenters. The van der Waals surface area contributed by atoms with Crippen molar-refractivity contribution >= 4 is 50.2 Å². The average Bonchev–Trinajstić information content (AvgIpc) is 3.46. The van der Waals surface area contributed by atoms with Crippen molar-refractivity contribution in [2.24, 2.45) is 0 Å². The Morgan fingerprint density at radius 3 is 2.43 bits per heavy atom. The lowest BCUT2D eigenvalue weighted by atomic mass is 9.91. The molecule has 0 saturated carbocycles. The molecule has 0 radical (unpaired) electrons. The summed E-state index contributed by atoms with van der Waals surface area (Å²) in [6, 6.07) is 16.5. The highest BCUT2D eigenvalue weighted by molar-refractivity contribution is 7.22. The summed E-state index contributed by atoms with van der Waals surface area (Å²) < 4.78 is 15.3. The molecule has 9 heteroatoms. The van der Waals surface area contributed by atoms with Crippen molar-refractivity contribution in [2.45, 2.75) is 59.3 Å². The van der Waals surface area contributed by atoms with Crippen LogP contribution in [0.2, 0.25) is 5.02 Å². The molecular weight excluding hydrogens is 568 g/mol. The number of ether oxygens (including phenoxy) is 2. The summed E-state index contributed by atoms with van der Waals surface area (Å²) in [5, 5.41) is 4.92. The van der Waals surface area contributed by atoms with Gasteiger partial charge in [0.1, 0.15) is 10.8 Å². The molecule has 1 fully saturated rings. The Kier molecular flexibility index (Phi) is 7.60. The van der Waals surface area contributed by atoms with E-state index >= 15 is 0 Å². The van der Waals surface area contributed by atoms with Crippen LogP contribution < -0.4 is 5.32 Å². The highest BCUT2D eigenvalue weighted by Gasteiger charge is 2.33. The number of nitrogens with one attached hydrogen (secondary N) is 1. The fraction of sp³-hybridized carbons (Fsp3) is 0.364. The van der Waals surface area contributed by atoms with Gasteiger partial charge in [0.25, 0.3) is 0 Å². The Hall–Kier alpha value is -3.30. The number of imidazole rings is 1. The zero-order valence-corrected chi connectivity index (χ0v) is 26.3. The predicted molar refractivity (Wildman–Crippen MR) is 170 cm³/mol. The smallest absolute Gasteiger partial charge is 0.339 e. The minimum absolute atomic E-state index is 0.264. The quantitative estimate of drug-likeness (QED) is 0.191. The molecule has 0 bridgehead atoms. The second-order valence-corrected chi connectivity index (χ2v) is 13.2. The first-order valence-electron chi connectivity index (χ1n) is 14.3. The molecule has 1 N–H and O–H groups in total. The van der Waals surface area contributed by atoms with Crippen LogP contribution in [0.3, 0.4) is 0 Å². The summed E-state index contributed by atoms with van der Waals surface area (Å²) in [6.07, 6.45) is -0.907. The molecule has 3 heterocycles. The summed E-state index contributed by atoms with van der Waals surface area (Å²) in [6.45, 7) is 13.9. The monoisotopic (exact) mass is 602 g/mol. The van der Waals surface area contributed by atoms with Gasteiger partial charge in [0.2, 0.25) is 0 Å². The van der Waals surface area contributed by atoms with Gasteiger partial charge >= 0.3 is 5.97 Å². The van der Waals surface area contributed by atoms with Gasteiger partial charge in [-0.2, -0.15) is 0 Å². The normalized spacial score (nSPS) is 14.8. The highest BCUT2D eigenvalue weighted by Crippen LogP contribution is 2.45. The van der Waals surface area contributed by atoms with Crippen LogP contribution in [0.5, 0.6) is 0 Å². The number of nitrogens with zero attached hydrogens (tertiary/aromatic N) is 3. The van der Waals surface area contributed by atoms with E-state index in [2.05, 4.69) is 41.1 Å². The van der Waals surface area contributed by atoms with Crippen LogP contribution in [0.4, 0.5) is 0 Å². The van der Waals surface area contributed by atoms with E-state index in [9.17, 15) is 4.79 Å². The van der Waals surface area contributed by atoms with E-state index in [4.69, 9.17) is 31.0 Å². The van der Waals surface area contributed by atoms with Gasteiger partial charge in [0.15, 0.2) is 6.10 Å². The molecule has 218 valence electrons. The third-order valence-corrected chi connectivity index (χ3v) is 8.92. The molecular formula is C33H35ClN4O3S. The van der Waals surface area contributed by atoms with Gasteiger partial charge in [-0.05, 0) is 89.1 Å². The lowest BCUT2D eigenvalue weighted by Crippen LogP contribution is -2.43. The Morgan fingerprint density at radius 2 is 1.79 bits per heavy atom. The van der Waals surface area contributed by atoms with Crippen LogP contribution in [-0.2, 0) is 14.3 Å². The summed E-state index contributed by atoms with van der Waals surface area (Å²) in [7, 11) is 0. The standard InChI is InChI=1S/C33H35ClN4O3S/c1-7-40-32(39)29(41-33(4,5)6)27-18(2)14-25-30(28(27)20-8-11-22(34)12-9-20)42-31(37-25)21-10-13-24-26(15-21)38(19(3)36-24)23-16-35-17-23/h8-15,23,29,35H,7,16-17H2,1-6H3/t29-/m0/s1. The fourth-order valence-corrected chi connectivity index (χ4v) is 6.88. The minimum Gasteiger partial charge on any atom is -0.464 e. The Labute approximate surface area is 254 Å². The van der Waals surface area contributed by atoms with Crippen molar-refractivity contribution in [1.29, 1.82) is 0 Å². The molecule has 3 aromatic carbocycles. The summed E-state index contributed by atoms with van der Waals surface area (Å²) >= 11 is 7.91. The van der Waals surface area contributed by atoms with Gasteiger partial charge in [-0.1, -0.05) is 23.7 Å². The zero-order chi connectivity index (χ0) is 29.8. The number of hydrogen-bond donors (Lipinski definition) is 1. The van der Waals surface area contributed by atoms with Crippen LogP contribution in [0.1, 0.15) is 56.8 Å². The molecule has 0 aliphatic carbocycles. The van der Waals surface area contributed by atoms with E-state index < -0.39 is 17.7 Å². The largest absolute Gasteiger partial charge is 0.464 e. The molecule has 1 aliphatic heterocycles. The maximum atomic E-state index is 13.4. The zero-order valence-electron chi connectivity index (χ0n) is 24.7. The van der Waals surface area contributed by atoms with Crippen molar-refractivity contribution in [3.63, 3.8) is 0 Å². The summed E-state index contributed by atoms with van der Waals surface area (Å²) in [5.74, 6) is 0.612. The summed E-state index contributed by atoms with van der Waals surface area (Å²) in [5.41, 5.74) is 6.97. The van der Waals surface area contributed by atoms with E-state index in [1.54, 1.807) is 11.3 Å². The van der Waals surface area contributed by atoms with E-state index in [0.29, 0.717) is 11.1 Å². The highest BCUT2D eigenvalue weighted by atomic mass is 35.5. The maximum absolute atomic E-state index is 13.4. The first-order valence-corrected chi connectivity index (χ1v) is 15.5. The van der Waals surface area contributed by atoms with Gasteiger partial charge in [-0.15, -0.1) is 11.3 Å². The second kappa shape index (κ2) is 11.1. The predicted octanol–water partition coefficient (Wildman–Crippen LogP) is 7.81. The Bertz CT molecular complexity index is 1800. The summed E-state index contributed by atoms with van der Waals surface area (Å²) in [4.78, 5) is 23.4. The molecule has 1 atom stereocenters. The topological polar surface area (TPSA) is 78.3 Å². The first-order chi connectivity index (χ1) is 20.0. The molecule has 1 aliphatic rings. The Morgan fingerprint density at radius 1 is 1.07 bits per heavy atom. The number of carbonyl (C=O) groups excluding carboxylic acids is 1. The van der Waals surface area contributed by atoms with Gasteiger partial charge in [-0.25, -0.2) is 14.8 Å². The number of aromatic nitrogens is 3. The number of carbonyl (C=O) groups is 1. The third-order valence-electron chi connectivity index (χ3n) is 7.53. The lowest BCUT2D eigenvalue weighted by molar-refractivity contribution is -0.166. The molecule has 5 aromatic rings. The lowest BCUT2D eigenvalue weighted by Gasteiger charge is -2.30. The van der Waals surface area contributed by atoms with Crippen LogP contribution in [0.25, 0.3) is 42.9 Å². The maximum Gasteiger partial charge on any atom is 0.339 e. The van der Waals surface area contributed by atoms with Gasteiger partial charge < -0.3 is 19.4 Å².